The molecule has 1 amide bonds. The first-order valence-electron chi connectivity index (χ1n) is 5.78. The second-order valence-corrected chi connectivity index (χ2v) is 6.26. The number of hydrogen-bond acceptors (Lipinski definition) is 3. The molecule has 0 bridgehead atoms. The van der Waals surface area contributed by atoms with E-state index < -0.39 is 0 Å². The Morgan fingerprint density at radius 3 is 2.82 bits per heavy atom. The highest BCUT2D eigenvalue weighted by atomic mass is 32.2. The van der Waals surface area contributed by atoms with Gasteiger partial charge in [-0.2, -0.15) is 11.8 Å². The lowest BCUT2D eigenvalue weighted by atomic mass is 9.84. The van der Waals surface area contributed by atoms with E-state index in [1.54, 1.807) is 6.07 Å². The van der Waals surface area contributed by atoms with Gasteiger partial charge in [-0.1, -0.05) is 12.5 Å². The third kappa shape index (κ3) is 2.99. The van der Waals surface area contributed by atoms with Crippen LogP contribution < -0.4 is 5.32 Å². The second kappa shape index (κ2) is 5.36. The highest BCUT2D eigenvalue weighted by Crippen LogP contribution is 2.42. The minimum Gasteiger partial charge on any atom is -0.351 e. The minimum absolute atomic E-state index is 0.00113. The number of amides is 1. The molecule has 1 fully saturated rings. The molecule has 0 saturated heterocycles. The summed E-state index contributed by atoms with van der Waals surface area (Å²) in [6.45, 7) is 0.768. The van der Waals surface area contributed by atoms with E-state index in [-0.39, 0.29) is 10.7 Å². The number of hydrogen-bond donors (Lipinski definition) is 2. The van der Waals surface area contributed by atoms with E-state index in [0.29, 0.717) is 5.56 Å². The van der Waals surface area contributed by atoms with Gasteiger partial charge >= 0.3 is 0 Å². The van der Waals surface area contributed by atoms with Crippen molar-refractivity contribution >= 4 is 30.3 Å². The summed E-state index contributed by atoms with van der Waals surface area (Å²) in [6, 6.07) is 7.34. The predicted octanol–water partition coefficient (Wildman–Crippen LogP) is 2.99. The molecular weight excluding hydrogens is 250 g/mol. The number of nitrogens with one attached hydrogen (secondary N) is 1. The Labute approximate surface area is 112 Å². The molecule has 0 atom stereocenters. The predicted molar refractivity (Wildman–Crippen MR) is 76.1 cm³/mol. The molecule has 2 nitrogen and oxygen atoms in total. The van der Waals surface area contributed by atoms with Crippen LogP contribution in [-0.2, 0) is 0 Å². The van der Waals surface area contributed by atoms with Crippen molar-refractivity contribution < 1.29 is 4.79 Å². The molecule has 2 rings (SSSR count). The third-order valence-electron chi connectivity index (χ3n) is 3.38. The molecule has 1 aromatic carbocycles. The molecule has 0 radical (unpaired) electrons. The number of carbonyl (C=O) groups excluding carboxylic acids is 1. The number of thioether (sulfide) groups is 1. The summed E-state index contributed by atoms with van der Waals surface area (Å²) in [7, 11) is 0. The molecule has 0 spiro atoms. The molecule has 0 aliphatic heterocycles. The SMILES string of the molecule is CSC1(CNC(=O)c2cccc(S)c2)CCC1. The summed E-state index contributed by atoms with van der Waals surface area (Å²) in [6.07, 6.45) is 5.82. The molecule has 17 heavy (non-hydrogen) atoms. The Bertz CT molecular complexity index is 410. The van der Waals surface area contributed by atoms with Crippen molar-refractivity contribution in [2.45, 2.75) is 28.9 Å². The van der Waals surface area contributed by atoms with Gasteiger partial charge in [0.1, 0.15) is 0 Å². The lowest BCUT2D eigenvalue weighted by Gasteiger charge is -2.40. The van der Waals surface area contributed by atoms with Gasteiger partial charge in [0.05, 0.1) is 0 Å². The summed E-state index contributed by atoms with van der Waals surface area (Å²) in [5, 5.41) is 3.03. The van der Waals surface area contributed by atoms with Gasteiger partial charge in [0.2, 0.25) is 0 Å². The van der Waals surface area contributed by atoms with Crippen LogP contribution in [0.3, 0.4) is 0 Å². The number of carbonyl (C=O) groups is 1. The molecule has 1 aromatic rings. The standard InChI is InChI=1S/C13H17NOS2/c1-17-13(6-3-7-13)9-14-12(15)10-4-2-5-11(16)8-10/h2,4-5,8,16H,3,6-7,9H2,1H3,(H,14,15). The molecule has 0 heterocycles. The molecule has 1 saturated carbocycles. The first-order chi connectivity index (χ1) is 8.15. The first kappa shape index (κ1) is 12.8. The van der Waals surface area contributed by atoms with Crippen molar-refractivity contribution in [1.29, 1.82) is 0 Å². The van der Waals surface area contributed by atoms with Crippen molar-refractivity contribution in [3.05, 3.63) is 29.8 Å². The average Bonchev–Trinajstić information content (AvgIpc) is 2.28. The van der Waals surface area contributed by atoms with Gasteiger partial charge in [-0.15, -0.1) is 12.6 Å². The van der Waals surface area contributed by atoms with Gasteiger partial charge in [-0.3, -0.25) is 4.79 Å². The highest BCUT2D eigenvalue weighted by molar-refractivity contribution is 8.00. The smallest absolute Gasteiger partial charge is 0.251 e. The fourth-order valence-electron chi connectivity index (χ4n) is 2.01. The quantitative estimate of drug-likeness (QED) is 0.821. The van der Waals surface area contributed by atoms with Gasteiger partial charge < -0.3 is 5.32 Å². The Kier molecular flexibility index (Phi) is 4.05. The summed E-state index contributed by atoms with van der Waals surface area (Å²) in [5.74, 6) is 0.00113. The van der Waals surface area contributed by atoms with E-state index in [4.69, 9.17) is 0 Å². The maximum atomic E-state index is 11.9. The molecule has 92 valence electrons. The molecule has 1 aliphatic carbocycles. The molecule has 4 heteroatoms. The topological polar surface area (TPSA) is 29.1 Å². The maximum Gasteiger partial charge on any atom is 0.251 e. The normalized spacial score (nSPS) is 17.3. The average molecular weight is 267 g/mol. The zero-order valence-corrected chi connectivity index (χ0v) is 11.6. The van der Waals surface area contributed by atoms with Crippen LogP contribution >= 0.6 is 24.4 Å². The molecule has 0 aromatic heterocycles. The zero-order valence-electron chi connectivity index (χ0n) is 9.90. The monoisotopic (exact) mass is 267 g/mol. The second-order valence-electron chi connectivity index (χ2n) is 4.47. The Balaban J connectivity index is 1.93. The van der Waals surface area contributed by atoms with Crippen LogP contribution in [0.15, 0.2) is 29.2 Å². The van der Waals surface area contributed by atoms with Gasteiger partial charge in [-0.25, -0.2) is 0 Å². The van der Waals surface area contributed by atoms with E-state index in [1.165, 1.54) is 19.3 Å². The number of benzene rings is 1. The van der Waals surface area contributed by atoms with Crippen molar-refractivity contribution in [1.82, 2.24) is 5.32 Å². The van der Waals surface area contributed by atoms with Gasteiger partial charge in [0.25, 0.3) is 5.91 Å². The summed E-state index contributed by atoms with van der Waals surface area (Å²) in [4.78, 5) is 12.8. The Hall–Kier alpha value is -0.610. The van der Waals surface area contributed by atoms with Crippen molar-refractivity contribution in [2.24, 2.45) is 0 Å². The third-order valence-corrected chi connectivity index (χ3v) is 5.07. The van der Waals surface area contributed by atoms with Crippen molar-refractivity contribution in [3.8, 4) is 0 Å². The summed E-state index contributed by atoms with van der Waals surface area (Å²) >= 11 is 6.11. The largest absolute Gasteiger partial charge is 0.351 e. The summed E-state index contributed by atoms with van der Waals surface area (Å²) < 4.78 is 0.286. The van der Waals surface area contributed by atoms with E-state index >= 15 is 0 Å². The first-order valence-corrected chi connectivity index (χ1v) is 7.45. The zero-order chi connectivity index (χ0) is 12.3. The molecule has 0 unspecified atom stereocenters. The Morgan fingerprint density at radius 1 is 1.53 bits per heavy atom. The van der Waals surface area contributed by atoms with Crippen LogP contribution in [0.4, 0.5) is 0 Å². The Morgan fingerprint density at radius 2 is 2.29 bits per heavy atom. The van der Waals surface area contributed by atoms with Crippen molar-refractivity contribution in [2.75, 3.05) is 12.8 Å². The van der Waals surface area contributed by atoms with E-state index in [9.17, 15) is 4.79 Å². The lowest BCUT2D eigenvalue weighted by molar-refractivity contribution is 0.0943. The number of rotatable bonds is 4. The van der Waals surface area contributed by atoms with Crippen LogP contribution in [0, 0.1) is 0 Å². The lowest BCUT2D eigenvalue weighted by Crippen LogP contribution is -2.45. The molecular formula is C13H17NOS2. The van der Waals surface area contributed by atoms with Crippen LogP contribution in [-0.4, -0.2) is 23.5 Å². The van der Waals surface area contributed by atoms with Crippen LogP contribution in [0.5, 0.6) is 0 Å². The minimum atomic E-state index is 0.00113. The fraction of sp³-hybridized carbons (Fsp3) is 0.462. The maximum absolute atomic E-state index is 11.9. The van der Waals surface area contributed by atoms with Crippen LogP contribution in [0.1, 0.15) is 29.6 Å². The van der Waals surface area contributed by atoms with E-state index in [2.05, 4.69) is 24.2 Å². The number of thiol groups is 1. The van der Waals surface area contributed by atoms with Gasteiger partial charge in [0.15, 0.2) is 0 Å². The van der Waals surface area contributed by atoms with E-state index in [1.807, 2.05) is 30.0 Å². The summed E-state index contributed by atoms with van der Waals surface area (Å²) in [5.41, 5.74) is 0.688. The fourth-order valence-corrected chi connectivity index (χ4v) is 3.15. The highest BCUT2D eigenvalue weighted by Gasteiger charge is 2.36. The van der Waals surface area contributed by atoms with Gasteiger partial charge in [0, 0.05) is 21.8 Å². The van der Waals surface area contributed by atoms with Gasteiger partial charge in [-0.05, 0) is 37.3 Å². The van der Waals surface area contributed by atoms with Crippen LogP contribution in [0.25, 0.3) is 0 Å². The van der Waals surface area contributed by atoms with E-state index in [0.717, 1.165) is 11.4 Å². The molecule has 1 N–H and O–H groups in total. The van der Waals surface area contributed by atoms with Crippen molar-refractivity contribution in [3.63, 3.8) is 0 Å². The van der Waals surface area contributed by atoms with Crippen LogP contribution in [0.2, 0.25) is 0 Å². The molecule has 1 aliphatic rings.